The van der Waals surface area contributed by atoms with Gasteiger partial charge in [0.05, 0.1) is 0 Å². The molecule has 16 heavy (non-hydrogen) atoms. The largest absolute Gasteiger partial charge is 0.461 e. The highest BCUT2D eigenvalue weighted by molar-refractivity contribution is 5.62. The highest BCUT2D eigenvalue weighted by Gasteiger charge is 2.43. The van der Waals surface area contributed by atoms with Crippen molar-refractivity contribution in [2.45, 2.75) is 19.5 Å². The SMILES string of the molecule is C=C(C)c1cccc(OC(F)(F)C(F)F)c1. The lowest BCUT2D eigenvalue weighted by Gasteiger charge is -2.17. The van der Waals surface area contributed by atoms with Crippen LogP contribution in [0.4, 0.5) is 17.6 Å². The van der Waals surface area contributed by atoms with E-state index in [1.807, 2.05) is 0 Å². The maximum Gasteiger partial charge on any atom is 0.461 e. The molecule has 0 unspecified atom stereocenters. The van der Waals surface area contributed by atoms with Gasteiger partial charge in [-0.3, -0.25) is 0 Å². The van der Waals surface area contributed by atoms with Crippen molar-refractivity contribution in [1.82, 2.24) is 0 Å². The Hall–Kier alpha value is -1.52. The molecule has 0 aliphatic carbocycles. The fourth-order valence-electron chi connectivity index (χ4n) is 1.03. The molecule has 0 saturated heterocycles. The molecular formula is C11H10F4O. The zero-order valence-electron chi connectivity index (χ0n) is 8.51. The summed E-state index contributed by atoms with van der Waals surface area (Å²) < 4.78 is 52.8. The molecule has 0 fully saturated rings. The molecule has 0 saturated carbocycles. The van der Waals surface area contributed by atoms with Gasteiger partial charge in [0.15, 0.2) is 0 Å². The molecule has 88 valence electrons. The number of rotatable bonds is 4. The fraction of sp³-hybridized carbons (Fsp3) is 0.273. The summed E-state index contributed by atoms with van der Waals surface area (Å²) in [5, 5.41) is 0. The summed E-state index contributed by atoms with van der Waals surface area (Å²) in [5.41, 5.74) is 1.19. The van der Waals surface area contributed by atoms with Gasteiger partial charge in [-0.2, -0.15) is 17.6 Å². The third-order valence-corrected chi connectivity index (χ3v) is 1.83. The van der Waals surface area contributed by atoms with E-state index < -0.39 is 12.5 Å². The van der Waals surface area contributed by atoms with Crippen molar-refractivity contribution in [3.8, 4) is 5.75 Å². The standard InChI is InChI=1S/C11H10F4O/c1-7(2)8-4-3-5-9(6-8)16-11(14,15)10(12)13/h3-6,10H,1H2,2H3. The maximum absolute atomic E-state index is 12.6. The van der Waals surface area contributed by atoms with Crippen molar-refractivity contribution in [3.63, 3.8) is 0 Å². The zero-order valence-corrected chi connectivity index (χ0v) is 8.51. The van der Waals surface area contributed by atoms with Gasteiger partial charge in [-0.25, -0.2) is 0 Å². The molecule has 1 rings (SSSR count). The number of benzene rings is 1. The van der Waals surface area contributed by atoms with Crippen LogP contribution in [0.25, 0.3) is 5.57 Å². The predicted molar refractivity (Wildman–Crippen MR) is 52.7 cm³/mol. The van der Waals surface area contributed by atoms with E-state index in [2.05, 4.69) is 11.3 Å². The summed E-state index contributed by atoms with van der Waals surface area (Å²) in [5.74, 6) is -0.314. The minimum atomic E-state index is -4.48. The summed E-state index contributed by atoms with van der Waals surface area (Å²) >= 11 is 0. The van der Waals surface area contributed by atoms with Gasteiger partial charge in [-0.05, 0) is 24.6 Å². The van der Waals surface area contributed by atoms with Gasteiger partial charge in [0, 0.05) is 0 Å². The third kappa shape index (κ3) is 2.98. The van der Waals surface area contributed by atoms with Gasteiger partial charge < -0.3 is 4.74 Å². The normalized spacial score (nSPS) is 11.6. The summed E-state index contributed by atoms with van der Waals surface area (Å²) in [6, 6.07) is 5.47. The highest BCUT2D eigenvalue weighted by atomic mass is 19.3. The first-order valence-electron chi connectivity index (χ1n) is 4.44. The van der Waals surface area contributed by atoms with Crippen molar-refractivity contribution in [3.05, 3.63) is 36.4 Å². The number of hydrogen-bond acceptors (Lipinski definition) is 1. The van der Waals surface area contributed by atoms with Crippen molar-refractivity contribution in [2.24, 2.45) is 0 Å². The number of ether oxygens (including phenoxy) is 1. The van der Waals surface area contributed by atoms with Crippen LogP contribution in [-0.2, 0) is 0 Å². The first-order chi connectivity index (χ1) is 7.33. The summed E-state index contributed by atoms with van der Waals surface area (Å²) in [4.78, 5) is 0. The monoisotopic (exact) mass is 234 g/mol. The van der Waals surface area contributed by atoms with Crippen LogP contribution in [0.1, 0.15) is 12.5 Å². The molecule has 0 aliphatic heterocycles. The van der Waals surface area contributed by atoms with E-state index in [0.717, 1.165) is 0 Å². The van der Waals surface area contributed by atoms with Crippen LogP contribution in [0.5, 0.6) is 5.75 Å². The first-order valence-corrected chi connectivity index (χ1v) is 4.44. The second kappa shape index (κ2) is 4.55. The molecule has 1 aromatic rings. The van der Waals surface area contributed by atoms with Gasteiger partial charge in [0.25, 0.3) is 0 Å². The van der Waals surface area contributed by atoms with Crippen molar-refractivity contribution in [2.75, 3.05) is 0 Å². The predicted octanol–water partition coefficient (Wildman–Crippen LogP) is 3.96. The van der Waals surface area contributed by atoms with E-state index >= 15 is 0 Å². The van der Waals surface area contributed by atoms with E-state index in [-0.39, 0.29) is 5.75 Å². The Kier molecular flexibility index (Phi) is 3.57. The summed E-state index contributed by atoms with van der Waals surface area (Å²) in [7, 11) is 0. The Morgan fingerprint density at radius 1 is 1.38 bits per heavy atom. The molecular weight excluding hydrogens is 224 g/mol. The smallest absolute Gasteiger partial charge is 0.428 e. The molecule has 1 aromatic carbocycles. The van der Waals surface area contributed by atoms with Crippen molar-refractivity contribution < 1.29 is 22.3 Å². The summed E-state index contributed by atoms with van der Waals surface area (Å²) in [6.45, 7) is 5.28. The third-order valence-electron chi connectivity index (χ3n) is 1.83. The highest BCUT2D eigenvalue weighted by Crippen LogP contribution is 2.28. The quantitative estimate of drug-likeness (QED) is 0.716. The molecule has 0 N–H and O–H groups in total. The average molecular weight is 234 g/mol. The molecule has 0 bridgehead atoms. The Labute approximate surface area is 90.3 Å². The van der Waals surface area contributed by atoms with Gasteiger partial charge in [0.1, 0.15) is 5.75 Å². The van der Waals surface area contributed by atoms with E-state index in [4.69, 9.17) is 0 Å². The van der Waals surface area contributed by atoms with E-state index in [9.17, 15) is 17.6 Å². The van der Waals surface area contributed by atoms with Crippen LogP contribution in [0.2, 0.25) is 0 Å². The Balaban J connectivity index is 2.90. The first kappa shape index (κ1) is 12.5. The van der Waals surface area contributed by atoms with E-state index in [0.29, 0.717) is 11.1 Å². The number of hydrogen-bond donors (Lipinski definition) is 0. The molecule has 0 amide bonds. The van der Waals surface area contributed by atoms with Crippen LogP contribution >= 0.6 is 0 Å². The zero-order chi connectivity index (χ0) is 12.3. The van der Waals surface area contributed by atoms with Crippen molar-refractivity contribution in [1.29, 1.82) is 0 Å². The second-order valence-corrected chi connectivity index (χ2v) is 3.27. The lowest BCUT2D eigenvalue weighted by molar-refractivity contribution is -0.253. The Bertz CT molecular complexity index is 387. The maximum atomic E-state index is 12.6. The molecule has 0 atom stereocenters. The van der Waals surface area contributed by atoms with Gasteiger partial charge in [-0.1, -0.05) is 24.3 Å². The summed E-state index contributed by atoms with van der Waals surface area (Å²) in [6.07, 6.45) is -8.34. The Morgan fingerprint density at radius 3 is 2.50 bits per heavy atom. The Morgan fingerprint density at radius 2 is 2.00 bits per heavy atom. The number of halogens is 4. The topological polar surface area (TPSA) is 9.23 Å². The molecule has 0 aromatic heterocycles. The molecule has 1 nitrogen and oxygen atoms in total. The van der Waals surface area contributed by atoms with Crippen LogP contribution in [-0.4, -0.2) is 12.5 Å². The number of allylic oxidation sites excluding steroid dienone is 1. The number of alkyl halides is 4. The van der Waals surface area contributed by atoms with Gasteiger partial charge in [0.2, 0.25) is 0 Å². The van der Waals surface area contributed by atoms with Crippen molar-refractivity contribution >= 4 is 5.57 Å². The average Bonchev–Trinajstić information content (AvgIpc) is 2.17. The molecule has 5 heteroatoms. The van der Waals surface area contributed by atoms with Crippen LogP contribution < -0.4 is 4.74 Å². The van der Waals surface area contributed by atoms with Crippen LogP contribution in [0.3, 0.4) is 0 Å². The second-order valence-electron chi connectivity index (χ2n) is 3.27. The molecule has 0 radical (unpaired) electrons. The lowest BCUT2D eigenvalue weighted by Crippen LogP contribution is -2.33. The minimum Gasteiger partial charge on any atom is -0.428 e. The minimum absolute atomic E-state index is 0.314. The van der Waals surface area contributed by atoms with Gasteiger partial charge in [-0.15, -0.1) is 0 Å². The van der Waals surface area contributed by atoms with Gasteiger partial charge >= 0.3 is 12.5 Å². The molecule has 0 aliphatic rings. The van der Waals surface area contributed by atoms with Crippen LogP contribution in [0, 0.1) is 0 Å². The van der Waals surface area contributed by atoms with Crippen LogP contribution in [0.15, 0.2) is 30.8 Å². The molecule has 0 spiro atoms. The lowest BCUT2D eigenvalue weighted by atomic mass is 10.1. The molecule has 0 heterocycles. The fourth-order valence-corrected chi connectivity index (χ4v) is 1.03. The van der Waals surface area contributed by atoms with E-state index in [1.165, 1.54) is 18.2 Å². The van der Waals surface area contributed by atoms with E-state index in [1.54, 1.807) is 13.0 Å².